The minimum absolute atomic E-state index is 0.0604. The maximum atomic E-state index is 11.8. The number of hydrogen-bond donors (Lipinski definition) is 2. The zero-order valence-corrected chi connectivity index (χ0v) is 13.0. The highest BCUT2D eigenvalue weighted by Gasteiger charge is 2.29. The molecule has 0 aromatic carbocycles. The first kappa shape index (κ1) is 16.0. The Kier molecular flexibility index (Phi) is 5.82. The number of amides is 1. The van der Waals surface area contributed by atoms with E-state index in [0.29, 0.717) is 30.7 Å². The number of hydrogen-bond acceptors (Lipinski definition) is 4. The number of aliphatic hydroxyl groups excluding tert-OH is 1. The fraction of sp³-hybridized carbons (Fsp3) is 0.688. The number of piperidine rings is 1. The third-order valence-corrected chi connectivity index (χ3v) is 4.33. The van der Waals surface area contributed by atoms with Gasteiger partial charge in [-0.2, -0.15) is 0 Å². The number of nitrogens with one attached hydrogen (secondary N) is 1. The average molecular weight is 294 g/mol. The molecule has 1 fully saturated rings. The van der Waals surface area contributed by atoms with Gasteiger partial charge >= 0.3 is 0 Å². The van der Waals surface area contributed by atoms with Crippen molar-refractivity contribution in [3.63, 3.8) is 0 Å². The van der Waals surface area contributed by atoms with Gasteiger partial charge in [-0.25, -0.2) is 0 Å². The van der Waals surface area contributed by atoms with Crippen molar-refractivity contribution in [1.29, 1.82) is 0 Å². The minimum Gasteiger partial charge on any atom is -0.462 e. The molecule has 0 saturated carbocycles. The van der Waals surface area contributed by atoms with Gasteiger partial charge in [0, 0.05) is 25.6 Å². The van der Waals surface area contributed by atoms with Crippen LogP contribution in [0.3, 0.4) is 0 Å². The molecule has 2 heterocycles. The summed E-state index contributed by atoms with van der Waals surface area (Å²) in [7, 11) is 0. The van der Waals surface area contributed by atoms with Crippen molar-refractivity contribution in [2.75, 3.05) is 13.1 Å². The van der Waals surface area contributed by atoms with Crippen LogP contribution in [0.25, 0.3) is 0 Å². The minimum atomic E-state index is -0.0604. The van der Waals surface area contributed by atoms with Crippen LogP contribution in [0, 0.1) is 5.92 Å². The van der Waals surface area contributed by atoms with Crippen molar-refractivity contribution in [2.24, 2.45) is 5.92 Å². The molecule has 2 N–H and O–H groups in total. The van der Waals surface area contributed by atoms with Gasteiger partial charge in [-0.05, 0) is 24.5 Å². The number of nitrogens with zero attached hydrogens (tertiary/aromatic N) is 1. The molecule has 0 radical (unpaired) electrons. The molecule has 1 aromatic rings. The van der Waals surface area contributed by atoms with Gasteiger partial charge < -0.3 is 19.7 Å². The van der Waals surface area contributed by atoms with E-state index in [-0.39, 0.29) is 12.5 Å². The third-order valence-electron chi connectivity index (χ3n) is 4.33. The fourth-order valence-electron chi connectivity index (χ4n) is 3.00. The van der Waals surface area contributed by atoms with Crippen LogP contribution in [0.15, 0.2) is 16.5 Å². The van der Waals surface area contributed by atoms with Crippen molar-refractivity contribution in [3.05, 3.63) is 23.7 Å². The fourth-order valence-corrected chi connectivity index (χ4v) is 3.00. The van der Waals surface area contributed by atoms with Crippen LogP contribution in [0.5, 0.6) is 0 Å². The molecule has 1 aromatic heterocycles. The van der Waals surface area contributed by atoms with Gasteiger partial charge in [0.25, 0.3) is 0 Å². The van der Waals surface area contributed by atoms with Gasteiger partial charge in [0.05, 0.1) is 6.54 Å². The van der Waals surface area contributed by atoms with Gasteiger partial charge in [-0.15, -0.1) is 0 Å². The Balaban J connectivity index is 1.86. The summed E-state index contributed by atoms with van der Waals surface area (Å²) in [5, 5.41) is 12.5. The van der Waals surface area contributed by atoms with E-state index in [1.807, 2.05) is 17.9 Å². The zero-order chi connectivity index (χ0) is 15.2. The van der Waals surface area contributed by atoms with E-state index in [1.54, 1.807) is 6.07 Å². The lowest BCUT2D eigenvalue weighted by Gasteiger charge is -2.38. The molecule has 1 amide bonds. The maximum absolute atomic E-state index is 11.8. The lowest BCUT2D eigenvalue weighted by atomic mass is 9.89. The largest absolute Gasteiger partial charge is 0.462 e. The van der Waals surface area contributed by atoms with Crippen molar-refractivity contribution in [2.45, 2.75) is 52.3 Å². The van der Waals surface area contributed by atoms with E-state index in [1.165, 1.54) is 0 Å². The topological polar surface area (TPSA) is 65.7 Å². The summed E-state index contributed by atoms with van der Waals surface area (Å²) in [5.41, 5.74) is 0. The van der Waals surface area contributed by atoms with Crippen LogP contribution in [0.1, 0.15) is 44.6 Å². The van der Waals surface area contributed by atoms with Crippen LogP contribution >= 0.6 is 0 Å². The molecule has 5 nitrogen and oxygen atoms in total. The maximum Gasteiger partial charge on any atom is 0.222 e. The molecule has 1 aliphatic heterocycles. The van der Waals surface area contributed by atoms with Crippen molar-refractivity contribution in [3.8, 4) is 0 Å². The number of carbonyl (C=O) groups is 1. The number of likely N-dealkylation sites (tertiary alicyclic amines) is 1. The van der Waals surface area contributed by atoms with Gasteiger partial charge in [-0.1, -0.05) is 20.3 Å². The lowest BCUT2D eigenvalue weighted by molar-refractivity contribution is -0.133. The van der Waals surface area contributed by atoms with E-state index in [2.05, 4.69) is 12.2 Å². The molecule has 1 aliphatic rings. The van der Waals surface area contributed by atoms with Crippen LogP contribution in [-0.2, 0) is 17.9 Å². The highest BCUT2D eigenvalue weighted by Crippen LogP contribution is 2.21. The summed E-state index contributed by atoms with van der Waals surface area (Å²) in [6, 6.07) is 4.12. The summed E-state index contributed by atoms with van der Waals surface area (Å²) < 4.78 is 5.49. The summed E-state index contributed by atoms with van der Waals surface area (Å²) in [4.78, 5) is 13.8. The molecular weight excluding hydrogens is 268 g/mol. The summed E-state index contributed by atoms with van der Waals surface area (Å²) in [6.45, 7) is 6.39. The smallest absolute Gasteiger partial charge is 0.222 e. The normalized spacial score (nSPS) is 22.5. The molecule has 0 aliphatic carbocycles. The number of furan rings is 1. The number of rotatable bonds is 6. The first-order valence-corrected chi connectivity index (χ1v) is 7.87. The van der Waals surface area contributed by atoms with Crippen LogP contribution in [0.4, 0.5) is 0 Å². The predicted octanol–water partition coefficient (Wildman–Crippen LogP) is 1.90. The predicted molar refractivity (Wildman–Crippen MR) is 80.5 cm³/mol. The molecule has 2 rings (SSSR count). The van der Waals surface area contributed by atoms with Gasteiger partial charge in [-0.3, -0.25) is 4.79 Å². The molecule has 5 heteroatoms. The first-order chi connectivity index (χ1) is 10.2. The SMILES string of the molecule is CCC(=O)N1CCC(NCc2ccc(CO)o2)C(CC)C1. The Bertz CT molecular complexity index is 458. The Morgan fingerprint density at radius 2 is 2.19 bits per heavy atom. The summed E-state index contributed by atoms with van der Waals surface area (Å²) in [6.07, 6.45) is 2.63. The molecule has 2 unspecified atom stereocenters. The van der Waals surface area contributed by atoms with Crippen LogP contribution in [0.2, 0.25) is 0 Å². The molecule has 2 atom stereocenters. The standard InChI is InChI=1S/C16H26N2O3/c1-3-12-10-18(16(20)4-2)8-7-15(12)17-9-13-5-6-14(11-19)21-13/h5-6,12,15,17,19H,3-4,7-11H2,1-2H3. The van der Waals surface area contributed by atoms with Gasteiger partial charge in [0.2, 0.25) is 5.91 Å². The quantitative estimate of drug-likeness (QED) is 0.841. The Hall–Kier alpha value is -1.33. The van der Waals surface area contributed by atoms with Crippen molar-refractivity contribution < 1.29 is 14.3 Å². The molecule has 1 saturated heterocycles. The lowest BCUT2D eigenvalue weighted by Crippen LogP contribution is -2.50. The van der Waals surface area contributed by atoms with E-state index in [4.69, 9.17) is 9.52 Å². The van der Waals surface area contributed by atoms with E-state index < -0.39 is 0 Å². The van der Waals surface area contributed by atoms with E-state index in [9.17, 15) is 4.79 Å². The Morgan fingerprint density at radius 1 is 1.43 bits per heavy atom. The first-order valence-electron chi connectivity index (χ1n) is 7.87. The second-order valence-electron chi connectivity index (χ2n) is 5.66. The molecule has 118 valence electrons. The molecule has 21 heavy (non-hydrogen) atoms. The zero-order valence-electron chi connectivity index (χ0n) is 13.0. The monoisotopic (exact) mass is 294 g/mol. The van der Waals surface area contributed by atoms with Crippen molar-refractivity contribution >= 4 is 5.91 Å². The van der Waals surface area contributed by atoms with E-state index in [0.717, 1.165) is 31.7 Å². The molecular formula is C16H26N2O3. The second kappa shape index (κ2) is 7.61. The Labute approximate surface area is 126 Å². The average Bonchev–Trinajstić information content (AvgIpc) is 3.00. The third kappa shape index (κ3) is 4.08. The van der Waals surface area contributed by atoms with Crippen LogP contribution in [-0.4, -0.2) is 35.0 Å². The number of carbonyl (C=O) groups excluding carboxylic acids is 1. The Morgan fingerprint density at radius 3 is 2.81 bits per heavy atom. The summed E-state index contributed by atoms with van der Waals surface area (Å²) in [5.74, 6) is 2.19. The summed E-state index contributed by atoms with van der Waals surface area (Å²) >= 11 is 0. The van der Waals surface area contributed by atoms with Gasteiger partial charge in [0.15, 0.2) is 0 Å². The van der Waals surface area contributed by atoms with E-state index >= 15 is 0 Å². The second-order valence-corrected chi connectivity index (χ2v) is 5.66. The number of aliphatic hydroxyl groups is 1. The highest BCUT2D eigenvalue weighted by molar-refractivity contribution is 5.75. The van der Waals surface area contributed by atoms with Gasteiger partial charge in [0.1, 0.15) is 18.1 Å². The van der Waals surface area contributed by atoms with Crippen LogP contribution < -0.4 is 5.32 Å². The molecule has 0 bridgehead atoms. The van der Waals surface area contributed by atoms with Crippen molar-refractivity contribution in [1.82, 2.24) is 10.2 Å². The highest BCUT2D eigenvalue weighted by atomic mass is 16.4. The molecule has 0 spiro atoms.